The number of rotatable bonds is 2. The van der Waals surface area contributed by atoms with Gasteiger partial charge < -0.3 is 5.32 Å². The van der Waals surface area contributed by atoms with Crippen molar-refractivity contribution in [3.63, 3.8) is 0 Å². The van der Waals surface area contributed by atoms with Crippen molar-refractivity contribution in [2.45, 2.75) is 6.92 Å². The van der Waals surface area contributed by atoms with Gasteiger partial charge in [-0.15, -0.1) is 0 Å². The number of aryl methyl sites for hydroxylation is 2. The summed E-state index contributed by atoms with van der Waals surface area (Å²) >= 11 is 0. The summed E-state index contributed by atoms with van der Waals surface area (Å²) in [6.07, 6.45) is 0. The number of nitrogens with one attached hydrogen (secondary N) is 1. The summed E-state index contributed by atoms with van der Waals surface area (Å²) in [6, 6.07) is 16.5. The van der Waals surface area contributed by atoms with Gasteiger partial charge in [0.25, 0.3) is 0 Å². The highest BCUT2D eigenvalue weighted by Crippen LogP contribution is 2.25. The van der Waals surface area contributed by atoms with Crippen LogP contribution in [0, 0.1) is 18.3 Å². The van der Waals surface area contributed by atoms with E-state index in [2.05, 4.69) is 40.8 Å². The maximum atomic E-state index is 9.22. The fourth-order valence-corrected chi connectivity index (χ4v) is 2.34. The molecule has 0 saturated carbocycles. The molecule has 2 aromatic carbocycles. The summed E-state index contributed by atoms with van der Waals surface area (Å²) in [5.74, 6) is 0.722. The molecule has 0 aliphatic rings. The zero-order chi connectivity index (χ0) is 14.1. The van der Waals surface area contributed by atoms with Gasteiger partial charge in [0.1, 0.15) is 17.5 Å². The standard InChI is InChI=1S/C16H14N4/c1-11-15(10-17)16(20(2)19-11)18-14-8-7-12-5-3-4-6-13(12)9-14/h3-9,18H,1-2H3. The van der Waals surface area contributed by atoms with Gasteiger partial charge in [0.15, 0.2) is 0 Å². The van der Waals surface area contributed by atoms with E-state index in [4.69, 9.17) is 0 Å². The first-order valence-corrected chi connectivity index (χ1v) is 6.38. The lowest BCUT2D eigenvalue weighted by Gasteiger charge is -2.08. The first kappa shape index (κ1) is 12.2. The van der Waals surface area contributed by atoms with Gasteiger partial charge in [-0.05, 0) is 29.8 Å². The average Bonchev–Trinajstić information content (AvgIpc) is 2.72. The number of anilines is 2. The molecule has 0 radical (unpaired) electrons. The molecule has 1 aromatic heterocycles. The minimum Gasteiger partial charge on any atom is -0.339 e. The number of nitriles is 1. The average molecular weight is 262 g/mol. The van der Waals surface area contributed by atoms with Gasteiger partial charge in [0, 0.05) is 12.7 Å². The molecule has 0 amide bonds. The smallest absolute Gasteiger partial charge is 0.146 e. The number of aromatic nitrogens is 2. The van der Waals surface area contributed by atoms with E-state index < -0.39 is 0 Å². The largest absolute Gasteiger partial charge is 0.339 e. The van der Waals surface area contributed by atoms with Crippen LogP contribution in [0.1, 0.15) is 11.3 Å². The van der Waals surface area contributed by atoms with E-state index in [9.17, 15) is 5.26 Å². The van der Waals surface area contributed by atoms with Crippen LogP contribution in [0.3, 0.4) is 0 Å². The third kappa shape index (κ3) is 1.99. The van der Waals surface area contributed by atoms with Crippen molar-refractivity contribution in [1.29, 1.82) is 5.26 Å². The molecule has 1 N–H and O–H groups in total. The van der Waals surface area contributed by atoms with Gasteiger partial charge in [-0.3, -0.25) is 4.68 Å². The number of fused-ring (bicyclic) bond motifs is 1. The number of hydrogen-bond donors (Lipinski definition) is 1. The fourth-order valence-electron chi connectivity index (χ4n) is 2.34. The predicted octanol–water partition coefficient (Wildman–Crippen LogP) is 3.50. The van der Waals surface area contributed by atoms with E-state index in [1.807, 2.05) is 32.2 Å². The van der Waals surface area contributed by atoms with Crippen molar-refractivity contribution >= 4 is 22.3 Å². The molecular weight excluding hydrogens is 248 g/mol. The second-order valence-electron chi connectivity index (χ2n) is 4.73. The third-order valence-electron chi connectivity index (χ3n) is 3.35. The molecule has 0 aliphatic heterocycles. The van der Waals surface area contributed by atoms with E-state index in [0.717, 1.165) is 22.6 Å². The Bertz CT molecular complexity index is 824. The lowest BCUT2D eigenvalue weighted by atomic mass is 10.1. The second kappa shape index (κ2) is 4.71. The molecule has 20 heavy (non-hydrogen) atoms. The molecule has 0 fully saturated rings. The van der Waals surface area contributed by atoms with Crippen molar-refractivity contribution < 1.29 is 0 Å². The highest BCUT2D eigenvalue weighted by Gasteiger charge is 2.12. The van der Waals surface area contributed by atoms with Gasteiger partial charge in [0.2, 0.25) is 0 Å². The lowest BCUT2D eigenvalue weighted by molar-refractivity contribution is 0.765. The molecule has 0 atom stereocenters. The van der Waals surface area contributed by atoms with Crippen molar-refractivity contribution in [3.05, 3.63) is 53.7 Å². The van der Waals surface area contributed by atoms with Gasteiger partial charge in [-0.25, -0.2) is 0 Å². The van der Waals surface area contributed by atoms with Crippen molar-refractivity contribution in [3.8, 4) is 6.07 Å². The Morgan fingerprint density at radius 1 is 1.15 bits per heavy atom. The van der Waals surface area contributed by atoms with Crippen LogP contribution in [0.25, 0.3) is 10.8 Å². The van der Waals surface area contributed by atoms with Crippen LogP contribution < -0.4 is 5.32 Å². The van der Waals surface area contributed by atoms with E-state index in [1.54, 1.807) is 4.68 Å². The molecule has 0 unspecified atom stereocenters. The summed E-state index contributed by atoms with van der Waals surface area (Å²) in [5.41, 5.74) is 2.27. The molecule has 4 heteroatoms. The van der Waals surface area contributed by atoms with Crippen LogP contribution in [0.5, 0.6) is 0 Å². The molecule has 0 bridgehead atoms. The molecule has 3 aromatic rings. The van der Waals surface area contributed by atoms with E-state index in [1.165, 1.54) is 5.39 Å². The Balaban J connectivity index is 2.04. The number of hydrogen-bond acceptors (Lipinski definition) is 3. The molecule has 0 aliphatic carbocycles. The normalized spacial score (nSPS) is 10.4. The first-order valence-electron chi connectivity index (χ1n) is 6.38. The maximum absolute atomic E-state index is 9.22. The van der Waals surface area contributed by atoms with Crippen molar-refractivity contribution in [1.82, 2.24) is 9.78 Å². The minimum atomic E-state index is 0.584. The zero-order valence-corrected chi connectivity index (χ0v) is 11.4. The molecule has 98 valence electrons. The molecule has 4 nitrogen and oxygen atoms in total. The van der Waals surface area contributed by atoms with Crippen LogP contribution >= 0.6 is 0 Å². The molecule has 0 saturated heterocycles. The van der Waals surface area contributed by atoms with Crippen LogP contribution in [0.4, 0.5) is 11.5 Å². The quantitative estimate of drug-likeness (QED) is 0.769. The molecule has 1 heterocycles. The van der Waals surface area contributed by atoms with Gasteiger partial charge >= 0.3 is 0 Å². The van der Waals surface area contributed by atoms with Gasteiger partial charge in [0.05, 0.1) is 5.69 Å². The van der Waals surface area contributed by atoms with Crippen LogP contribution in [-0.4, -0.2) is 9.78 Å². The van der Waals surface area contributed by atoms with Crippen LogP contribution in [0.15, 0.2) is 42.5 Å². The minimum absolute atomic E-state index is 0.584. The van der Waals surface area contributed by atoms with Gasteiger partial charge in [-0.1, -0.05) is 30.3 Å². The molecule has 3 rings (SSSR count). The Kier molecular flexibility index (Phi) is 2.88. The summed E-state index contributed by atoms with van der Waals surface area (Å²) in [7, 11) is 1.83. The summed E-state index contributed by atoms with van der Waals surface area (Å²) in [6.45, 7) is 1.84. The summed E-state index contributed by atoms with van der Waals surface area (Å²) < 4.78 is 1.70. The Labute approximate surface area is 117 Å². The van der Waals surface area contributed by atoms with Crippen molar-refractivity contribution in [2.75, 3.05) is 5.32 Å². The Hall–Kier alpha value is -2.80. The van der Waals surface area contributed by atoms with E-state index in [-0.39, 0.29) is 0 Å². The molecule has 0 spiro atoms. The van der Waals surface area contributed by atoms with E-state index >= 15 is 0 Å². The summed E-state index contributed by atoms with van der Waals surface area (Å²) in [5, 5.41) is 19.1. The fraction of sp³-hybridized carbons (Fsp3) is 0.125. The Morgan fingerprint density at radius 3 is 2.65 bits per heavy atom. The highest BCUT2D eigenvalue weighted by atomic mass is 15.3. The van der Waals surface area contributed by atoms with E-state index in [0.29, 0.717) is 5.56 Å². The highest BCUT2D eigenvalue weighted by molar-refractivity contribution is 5.86. The number of nitrogens with zero attached hydrogens (tertiary/aromatic N) is 3. The maximum Gasteiger partial charge on any atom is 0.146 e. The SMILES string of the molecule is Cc1nn(C)c(Nc2ccc3ccccc3c2)c1C#N. The summed E-state index contributed by atoms with van der Waals surface area (Å²) in [4.78, 5) is 0. The van der Waals surface area contributed by atoms with Crippen LogP contribution in [0.2, 0.25) is 0 Å². The Morgan fingerprint density at radius 2 is 1.90 bits per heavy atom. The zero-order valence-electron chi connectivity index (χ0n) is 11.4. The second-order valence-corrected chi connectivity index (χ2v) is 4.73. The van der Waals surface area contributed by atoms with Gasteiger partial charge in [-0.2, -0.15) is 10.4 Å². The topological polar surface area (TPSA) is 53.6 Å². The lowest BCUT2D eigenvalue weighted by Crippen LogP contribution is -2.00. The van der Waals surface area contributed by atoms with Crippen LogP contribution in [-0.2, 0) is 7.05 Å². The monoisotopic (exact) mass is 262 g/mol. The number of benzene rings is 2. The van der Waals surface area contributed by atoms with Crippen molar-refractivity contribution in [2.24, 2.45) is 7.05 Å². The first-order chi connectivity index (χ1) is 9.69. The third-order valence-corrected chi connectivity index (χ3v) is 3.35. The molecular formula is C16H14N4. The predicted molar refractivity (Wildman–Crippen MR) is 79.9 cm³/mol.